The van der Waals surface area contributed by atoms with E-state index in [2.05, 4.69) is 258 Å². The fourth-order valence-corrected chi connectivity index (χ4v) is 24.1. The predicted molar refractivity (Wildman–Crippen MR) is 430 cm³/mol. The molecular formula is C94H106Si2. The summed E-state index contributed by atoms with van der Waals surface area (Å²) < 4.78 is 0. The van der Waals surface area contributed by atoms with Crippen molar-refractivity contribution in [3.8, 4) is 46.6 Å². The molecule has 0 aliphatic carbocycles. The average Bonchev–Trinajstić information content (AvgIpc) is 0.740. The largest absolute Gasteiger partial charge is 0.138 e. The van der Waals surface area contributed by atoms with Crippen LogP contribution >= 0.6 is 0 Å². The molecule has 0 atom stereocenters. The Balaban J connectivity index is 1.03. The van der Waals surface area contributed by atoms with Gasteiger partial charge in [-0.25, -0.2) is 0 Å². The van der Waals surface area contributed by atoms with Crippen molar-refractivity contribution in [3.05, 3.63) is 203 Å². The molecule has 0 heterocycles. The fraction of sp³-hybridized carbons (Fsp3) is 0.383. The van der Waals surface area contributed by atoms with Gasteiger partial charge in [0, 0.05) is 33.4 Å². The molecule has 11 aromatic carbocycles. The Kier molecular flexibility index (Phi) is 25.3. The molecule has 0 aliphatic rings. The number of benzene rings is 11. The van der Waals surface area contributed by atoms with E-state index in [1.807, 2.05) is 0 Å². The van der Waals surface area contributed by atoms with Crippen molar-refractivity contribution in [3.63, 3.8) is 0 Å². The molecule has 0 N–H and O–H groups in total. The van der Waals surface area contributed by atoms with Crippen molar-refractivity contribution >= 4 is 102 Å². The van der Waals surface area contributed by atoms with Crippen molar-refractivity contribution in [1.82, 2.24) is 0 Å². The minimum Gasteiger partial charge on any atom is -0.126 e. The highest BCUT2D eigenvalue weighted by molar-refractivity contribution is 6.88. The third kappa shape index (κ3) is 17.3. The van der Waals surface area contributed by atoms with Crippen LogP contribution in [0, 0.1) is 46.6 Å². The molecule has 0 radical (unpaired) electrons. The molecule has 2 heteroatoms. The zero-order valence-electron chi connectivity index (χ0n) is 59.4. The first kappa shape index (κ1) is 69.5. The number of unbranched alkanes of at least 4 members (excludes halogenated alkanes) is 18. The number of fused-ring (bicyclic) bond motifs is 8. The van der Waals surface area contributed by atoms with Gasteiger partial charge < -0.3 is 0 Å². The standard InChI is InChI=1S/C94H106Si2/c1-7-13-19-33-57-95(58-34-20-14-8-2,59-35-21-15-9-3)63-55-85-91-69-79-43-29-25-39-75(79)65-87(91)83(88-66-76-40-26-30-44-80(76)70-92(85)88)53-51-73-47-49-74(50-48-73)52-54-84-89-67-77-41-27-31-45-81(77)71-93(89)86(94-72-82-46-32-28-42-78(82)68-90(84)94)56-64-96(60-36-22-16-10-4,61-37-23-17-11-5)62-38-24-18-12-6/h25-32,39-50,65-72H,7-24,33-38,57-62H2,1-6H3. The van der Waals surface area contributed by atoms with Gasteiger partial charge in [-0.15, -0.1) is 11.1 Å². The maximum Gasteiger partial charge on any atom is 0.138 e. The Bertz CT molecular complexity index is 4160. The Labute approximate surface area is 580 Å². The second-order valence-corrected chi connectivity index (χ2v) is 37.1. The van der Waals surface area contributed by atoms with E-state index in [1.165, 1.54) is 288 Å². The van der Waals surface area contributed by atoms with Gasteiger partial charge >= 0.3 is 0 Å². The normalized spacial score (nSPS) is 11.7. The molecule has 0 spiro atoms. The zero-order valence-corrected chi connectivity index (χ0v) is 61.4. The average molecular weight is 1290 g/mol. The molecular weight excluding hydrogens is 1190 g/mol. The number of rotatable bonds is 30. The summed E-state index contributed by atoms with van der Waals surface area (Å²) in [6.07, 6.45) is 31.2. The van der Waals surface area contributed by atoms with Crippen LogP contribution in [0.4, 0.5) is 0 Å². The first-order valence-electron chi connectivity index (χ1n) is 38.1. The van der Waals surface area contributed by atoms with Crippen LogP contribution in [0.15, 0.2) is 170 Å². The van der Waals surface area contributed by atoms with E-state index < -0.39 is 16.1 Å². The molecule has 0 nitrogen and oxygen atoms in total. The summed E-state index contributed by atoms with van der Waals surface area (Å²) in [7, 11) is -3.98. The lowest BCUT2D eigenvalue weighted by Crippen LogP contribution is -2.32. The van der Waals surface area contributed by atoms with E-state index in [0.717, 1.165) is 22.3 Å². The first-order valence-corrected chi connectivity index (χ1v) is 43.4. The molecule has 0 saturated carbocycles. The SMILES string of the molecule is CCCCCC[Si](C#Cc1c2cc3ccccc3cc2c(C#Cc2ccc(C#Cc3c4cc5ccccc5cc4c(C#C[Si](CCCCCC)(CCCCCC)CCCCCC)c4cc5ccccc5cc34)cc2)c2cc3ccccc3cc12)(CCCCCC)CCCCCC. The van der Waals surface area contributed by atoms with Crippen molar-refractivity contribution < 1.29 is 0 Å². The van der Waals surface area contributed by atoms with Gasteiger partial charge in [0.1, 0.15) is 16.1 Å². The molecule has 0 bridgehead atoms. The van der Waals surface area contributed by atoms with Crippen molar-refractivity contribution in [2.24, 2.45) is 0 Å². The molecule has 0 aliphatic heterocycles. The molecule has 0 fully saturated rings. The third-order valence-corrected chi connectivity index (χ3v) is 30.4. The van der Waals surface area contributed by atoms with Crippen LogP contribution in [0.3, 0.4) is 0 Å². The summed E-state index contributed by atoms with van der Waals surface area (Å²) in [5.74, 6) is 23.6. The van der Waals surface area contributed by atoms with E-state index in [-0.39, 0.29) is 0 Å². The highest BCUT2D eigenvalue weighted by Crippen LogP contribution is 2.41. The minimum absolute atomic E-state index is 0.967. The van der Waals surface area contributed by atoms with Crippen molar-refractivity contribution in [1.29, 1.82) is 0 Å². The Morgan fingerprint density at radius 3 is 0.583 bits per heavy atom. The van der Waals surface area contributed by atoms with Gasteiger partial charge in [-0.05, 0) is 195 Å². The van der Waals surface area contributed by atoms with Crippen LogP contribution in [0.1, 0.15) is 229 Å². The molecule has 96 heavy (non-hydrogen) atoms. The topological polar surface area (TPSA) is 0 Å². The van der Waals surface area contributed by atoms with Crippen molar-refractivity contribution in [2.45, 2.75) is 232 Å². The molecule has 11 rings (SSSR count). The van der Waals surface area contributed by atoms with Crippen molar-refractivity contribution in [2.75, 3.05) is 0 Å². The molecule has 0 unspecified atom stereocenters. The van der Waals surface area contributed by atoms with E-state index in [4.69, 9.17) is 0 Å². The lowest BCUT2D eigenvalue weighted by molar-refractivity contribution is 0.668. The predicted octanol–water partition coefficient (Wildman–Crippen LogP) is 27.9. The second kappa shape index (κ2) is 34.9. The monoisotopic (exact) mass is 1290 g/mol. The highest BCUT2D eigenvalue weighted by Gasteiger charge is 2.32. The van der Waals surface area contributed by atoms with Gasteiger partial charge in [-0.1, -0.05) is 328 Å². The maximum atomic E-state index is 4.37. The fourth-order valence-electron chi connectivity index (χ4n) is 15.5. The van der Waals surface area contributed by atoms with E-state index in [9.17, 15) is 0 Å². The van der Waals surface area contributed by atoms with Crippen LogP contribution in [0.2, 0.25) is 36.3 Å². The van der Waals surface area contributed by atoms with Gasteiger partial charge in [0.15, 0.2) is 0 Å². The Morgan fingerprint density at radius 2 is 0.396 bits per heavy atom. The van der Waals surface area contributed by atoms with Gasteiger partial charge in [-0.3, -0.25) is 0 Å². The molecule has 11 aromatic rings. The molecule has 490 valence electrons. The molecule has 0 amide bonds. The molecule has 0 saturated heterocycles. The zero-order chi connectivity index (χ0) is 66.4. The van der Waals surface area contributed by atoms with Crippen LogP contribution in [0.25, 0.3) is 86.2 Å². The van der Waals surface area contributed by atoms with Crippen LogP contribution < -0.4 is 0 Å². The summed E-state index contributed by atoms with van der Waals surface area (Å²) in [5, 5.41) is 19.5. The van der Waals surface area contributed by atoms with Gasteiger partial charge in [0.2, 0.25) is 0 Å². The second-order valence-electron chi connectivity index (χ2n) is 28.5. The summed E-state index contributed by atoms with van der Waals surface area (Å²) >= 11 is 0. The third-order valence-electron chi connectivity index (χ3n) is 21.2. The summed E-state index contributed by atoms with van der Waals surface area (Å²) in [6, 6.07) is 71.5. The van der Waals surface area contributed by atoms with E-state index in [0.29, 0.717) is 0 Å². The summed E-state index contributed by atoms with van der Waals surface area (Å²) in [4.78, 5) is 0. The van der Waals surface area contributed by atoms with E-state index in [1.54, 1.807) is 0 Å². The van der Waals surface area contributed by atoms with Gasteiger partial charge in [-0.2, -0.15) is 0 Å². The quantitative estimate of drug-likeness (QED) is 0.0182. The lowest BCUT2D eigenvalue weighted by atomic mass is 9.88. The van der Waals surface area contributed by atoms with E-state index >= 15 is 0 Å². The smallest absolute Gasteiger partial charge is 0.126 e. The maximum absolute atomic E-state index is 4.37. The molecule has 0 aromatic heterocycles. The van der Waals surface area contributed by atoms with Gasteiger partial charge in [0.25, 0.3) is 0 Å². The number of hydrogen-bond donors (Lipinski definition) is 0. The van der Waals surface area contributed by atoms with Crippen LogP contribution in [0.5, 0.6) is 0 Å². The first-order chi connectivity index (χ1) is 47.3. The van der Waals surface area contributed by atoms with Crippen LogP contribution in [-0.4, -0.2) is 16.1 Å². The van der Waals surface area contributed by atoms with Gasteiger partial charge in [0.05, 0.1) is 0 Å². The Hall–Kier alpha value is -7.83. The highest BCUT2D eigenvalue weighted by atomic mass is 28.3. The number of hydrogen-bond acceptors (Lipinski definition) is 0. The summed E-state index contributed by atoms with van der Waals surface area (Å²) in [6.45, 7) is 14.1. The Morgan fingerprint density at radius 1 is 0.208 bits per heavy atom. The minimum atomic E-state index is -1.99. The lowest BCUT2D eigenvalue weighted by Gasteiger charge is -2.27. The van der Waals surface area contributed by atoms with Crippen LogP contribution in [-0.2, 0) is 0 Å². The summed E-state index contributed by atoms with van der Waals surface area (Å²) in [5.41, 5.74) is 15.2.